The number of fused-ring (bicyclic) bond motifs is 3. The average molecular weight is 186 g/mol. The topological polar surface area (TPSA) is 37.3 Å². The summed E-state index contributed by atoms with van der Waals surface area (Å²) in [4.78, 5) is 10.9. The third-order valence-corrected chi connectivity index (χ3v) is 3.21. The van der Waals surface area contributed by atoms with Crippen LogP contribution in [0.25, 0.3) is 6.08 Å². The van der Waals surface area contributed by atoms with E-state index in [9.17, 15) is 4.79 Å². The molecule has 0 aromatic heterocycles. The lowest BCUT2D eigenvalue weighted by Gasteiger charge is -2.07. The molecule has 1 aromatic carbocycles. The third kappa shape index (κ3) is 0.882. The van der Waals surface area contributed by atoms with Gasteiger partial charge in [0.25, 0.3) is 0 Å². The lowest BCUT2D eigenvalue weighted by molar-refractivity contribution is -0.138. The van der Waals surface area contributed by atoms with Crippen molar-refractivity contribution in [3.8, 4) is 0 Å². The van der Waals surface area contributed by atoms with Crippen molar-refractivity contribution >= 4 is 12.0 Å². The molecule has 0 radical (unpaired) electrons. The van der Waals surface area contributed by atoms with Gasteiger partial charge in [-0.15, -0.1) is 0 Å². The number of allylic oxidation sites excluding steroid dienone is 1. The third-order valence-electron chi connectivity index (χ3n) is 3.21. The summed E-state index contributed by atoms with van der Waals surface area (Å²) in [7, 11) is 0. The second-order valence-corrected chi connectivity index (χ2v) is 3.96. The van der Waals surface area contributed by atoms with Crippen LogP contribution < -0.4 is 0 Å². The maximum Gasteiger partial charge on any atom is 0.307 e. The van der Waals surface area contributed by atoms with Crippen LogP contribution in [0.2, 0.25) is 0 Å². The number of carboxylic acids is 1. The second kappa shape index (κ2) is 2.47. The summed E-state index contributed by atoms with van der Waals surface area (Å²) in [5.74, 6) is -0.382. The summed E-state index contributed by atoms with van der Waals surface area (Å²) >= 11 is 0. The Morgan fingerprint density at radius 2 is 2.07 bits per heavy atom. The normalized spacial score (nSPS) is 31.9. The molecule has 70 valence electrons. The molecule has 0 spiro atoms. The Bertz CT molecular complexity index is 434. The van der Waals surface area contributed by atoms with Gasteiger partial charge in [0.2, 0.25) is 0 Å². The van der Waals surface area contributed by atoms with E-state index in [-0.39, 0.29) is 17.8 Å². The number of aliphatic carboxylic acids is 1. The van der Waals surface area contributed by atoms with Gasteiger partial charge in [-0.2, -0.15) is 0 Å². The monoisotopic (exact) mass is 186 g/mol. The number of benzene rings is 1. The van der Waals surface area contributed by atoms with E-state index in [0.717, 1.165) is 0 Å². The molecule has 2 aliphatic rings. The summed E-state index contributed by atoms with van der Waals surface area (Å²) in [5.41, 5.74) is 2.38. The Hall–Kier alpha value is -1.57. The summed E-state index contributed by atoms with van der Waals surface area (Å²) in [6, 6.07) is 8.05. The van der Waals surface area contributed by atoms with Crippen molar-refractivity contribution in [1.29, 1.82) is 0 Å². The van der Waals surface area contributed by atoms with Gasteiger partial charge in [0.15, 0.2) is 0 Å². The summed E-state index contributed by atoms with van der Waals surface area (Å²) in [6.45, 7) is 0. The standard InChI is InChI=1S/C12H10O2/c13-12(14)11-9-6-5-7-3-1-2-4-8(7)10(9)11/h1-6,9-11H,(H,13,14). The summed E-state index contributed by atoms with van der Waals surface area (Å²) in [5, 5.41) is 8.98. The Morgan fingerprint density at radius 1 is 1.29 bits per heavy atom. The molecule has 0 aliphatic heterocycles. The van der Waals surface area contributed by atoms with Gasteiger partial charge in [0.05, 0.1) is 5.92 Å². The van der Waals surface area contributed by atoms with Gasteiger partial charge >= 0.3 is 5.97 Å². The van der Waals surface area contributed by atoms with E-state index in [4.69, 9.17) is 5.11 Å². The number of carboxylic acid groups (broad SMARTS) is 1. The molecule has 2 nitrogen and oxygen atoms in total. The fourth-order valence-electron chi connectivity index (χ4n) is 2.47. The highest BCUT2D eigenvalue weighted by molar-refractivity contribution is 5.80. The molecule has 2 aliphatic carbocycles. The first kappa shape index (κ1) is 7.80. The minimum Gasteiger partial charge on any atom is -0.481 e. The Balaban J connectivity index is 2.06. The molecule has 2 heteroatoms. The first-order chi connectivity index (χ1) is 6.79. The molecular formula is C12H10O2. The van der Waals surface area contributed by atoms with Crippen molar-refractivity contribution in [1.82, 2.24) is 0 Å². The highest BCUT2D eigenvalue weighted by Gasteiger charge is 2.55. The number of hydrogen-bond acceptors (Lipinski definition) is 1. The first-order valence-electron chi connectivity index (χ1n) is 4.79. The molecule has 14 heavy (non-hydrogen) atoms. The largest absolute Gasteiger partial charge is 0.481 e. The van der Waals surface area contributed by atoms with Crippen LogP contribution in [0.15, 0.2) is 30.3 Å². The fourth-order valence-corrected chi connectivity index (χ4v) is 2.47. The molecule has 1 fully saturated rings. The second-order valence-electron chi connectivity index (χ2n) is 3.96. The molecule has 0 amide bonds. The van der Waals surface area contributed by atoms with Crippen LogP contribution in [0.5, 0.6) is 0 Å². The molecular weight excluding hydrogens is 176 g/mol. The zero-order valence-electron chi connectivity index (χ0n) is 7.55. The van der Waals surface area contributed by atoms with E-state index < -0.39 is 5.97 Å². The van der Waals surface area contributed by atoms with Gasteiger partial charge in [-0.05, 0) is 17.0 Å². The zero-order valence-corrected chi connectivity index (χ0v) is 7.55. The van der Waals surface area contributed by atoms with E-state index in [1.165, 1.54) is 11.1 Å². The fraction of sp³-hybridized carbons (Fsp3) is 0.250. The molecule has 1 saturated carbocycles. The van der Waals surface area contributed by atoms with Gasteiger partial charge in [0, 0.05) is 5.92 Å². The number of rotatable bonds is 1. The van der Waals surface area contributed by atoms with Crippen molar-refractivity contribution < 1.29 is 9.90 Å². The van der Waals surface area contributed by atoms with Crippen LogP contribution in [-0.2, 0) is 4.79 Å². The van der Waals surface area contributed by atoms with Crippen molar-refractivity contribution in [2.75, 3.05) is 0 Å². The van der Waals surface area contributed by atoms with E-state index in [1.54, 1.807) is 0 Å². The van der Waals surface area contributed by atoms with E-state index >= 15 is 0 Å². The van der Waals surface area contributed by atoms with Gasteiger partial charge in [-0.1, -0.05) is 36.4 Å². The Labute approximate surface area is 81.9 Å². The van der Waals surface area contributed by atoms with Gasteiger partial charge in [0.1, 0.15) is 0 Å². The van der Waals surface area contributed by atoms with Crippen LogP contribution >= 0.6 is 0 Å². The molecule has 0 bridgehead atoms. The molecule has 3 atom stereocenters. The summed E-state index contributed by atoms with van der Waals surface area (Å²) < 4.78 is 0. The lowest BCUT2D eigenvalue weighted by atomic mass is 9.97. The first-order valence-corrected chi connectivity index (χ1v) is 4.79. The lowest BCUT2D eigenvalue weighted by Crippen LogP contribution is -1.99. The maximum absolute atomic E-state index is 10.9. The maximum atomic E-state index is 10.9. The minimum absolute atomic E-state index is 0.185. The van der Waals surface area contributed by atoms with E-state index in [2.05, 4.69) is 0 Å². The molecule has 1 N–H and O–H groups in total. The minimum atomic E-state index is -0.665. The van der Waals surface area contributed by atoms with E-state index in [1.807, 2.05) is 36.4 Å². The quantitative estimate of drug-likeness (QED) is 0.729. The summed E-state index contributed by atoms with van der Waals surface area (Å²) in [6.07, 6.45) is 4.07. The predicted octanol–water partition coefficient (Wildman–Crippen LogP) is 2.13. The van der Waals surface area contributed by atoms with Crippen molar-refractivity contribution in [2.45, 2.75) is 5.92 Å². The van der Waals surface area contributed by atoms with Crippen molar-refractivity contribution in [3.05, 3.63) is 41.5 Å². The van der Waals surface area contributed by atoms with Crippen LogP contribution in [0, 0.1) is 11.8 Å². The smallest absolute Gasteiger partial charge is 0.307 e. The highest BCUT2D eigenvalue weighted by atomic mass is 16.4. The number of hydrogen-bond donors (Lipinski definition) is 1. The average Bonchev–Trinajstić information content (AvgIpc) is 2.92. The molecule has 0 saturated heterocycles. The molecule has 3 unspecified atom stereocenters. The molecule has 0 heterocycles. The predicted molar refractivity (Wildman–Crippen MR) is 52.8 cm³/mol. The Kier molecular flexibility index (Phi) is 1.38. The highest BCUT2D eigenvalue weighted by Crippen LogP contribution is 2.58. The van der Waals surface area contributed by atoms with Crippen molar-refractivity contribution in [3.63, 3.8) is 0 Å². The SMILES string of the molecule is O=C(O)C1C2C=Cc3ccccc3C21. The van der Waals surface area contributed by atoms with Gasteiger partial charge in [-0.25, -0.2) is 0 Å². The van der Waals surface area contributed by atoms with Crippen LogP contribution in [0.3, 0.4) is 0 Å². The molecule has 3 rings (SSSR count). The van der Waals surface area contributed by atoms with Crippen LogP contribution in [-0.4, -0.2) is 11.1 Å². The van der Waals surface area contributed by atoms with Gasteiger partial charge in [-0.3, -0.25) is 4.79 Å². The zero-order chi connectivity index (χ0) is 9.71. The van der Waals surface area contributed by atoms with Crippen LogP contribution in [0.4, 0.5) is 0 Å². The molecule has 1 aromatic rings. The van der Waals surface area contributed by atoms with E-state index in [0.29, 0.717) is 0 Å². The number of carbonyl (C=O) groups is 1. The van der Waals surface area contributed by atoms with Crippen molar-refractivity contribution in [2.24, 2.45) is 11.8 Å². The van der Waals surface area contributed by atoms with Crippen LogP contribution in [0.1, 0.15) is 17.0 Å². The van der Waals surface area contributed by atoms with Gasteiger partial charge < -0.3 is 5.11 Å². The Morgan fingerprint density at radius 3 is 2.86 bits per heavy atom.